The monoisotopic (exact) mass is 291 g/mol. The van der Waals surface area contributed by atoms with E-state index in [1.807, 2.05) is 6.92 Å². The predicted octanol–water partition coefficient (Wildman–Crippen LogP) is 2.63. The summed E-state index contributed by atoms with van der Waals surface area (Å²) in [6.07, 6.45) is -4.09. The molecule has 1 rings (SSSR count). The summed E-state index contributed by atoms with van der Waals surface area (Å²) in [4.78, 5) is 15.4. The third kappa shape index (κ3) is 6.42. The highest BCUT2D eigenvalue weighted by atomic mass is 19.4. The Morgan fingerprint density at radius 1 is 1.30 bits per heavy atom. The quantitative estimate of drug-likeness (QED) is 0.786. The van der Waals surface area contributed by atoms with Crippen molar-refractivity contribution >= 4 is 5.91 Å². The molecule has 0 atom stereocenters. The number of benzene rings is 1. The SMILES string of the molecule is CCOc1ccccc1CCC(=O)NOCC(F)(F)F. The number of ether oxygens (including phenoxy) is 1. The van der Waals surface area contributed by atoms with E-state index in [1.54, 1.807) is 29.7 Å². The number of hydrogen-bond acceptors (Lipinski definition) is 3. The molecule has 1 aromatic carbocycles. The maximum absolute atomic E-state index is 11.8. The Bertz CT molecular complexity index is 435. The second-order valence-corrected chi connectivity index (χ2v) is 3.97. The number of halogens is 3. The first-order valence-electron chi connectivity index (χ1n) is 6.10. The highest BCUT2D eigenvalue weighted by molar-refractivity contribution is 5.75. The number of aryl methyl sites for hydroxylation is 1. The molecule has 1 N–H and O–H groups in total. The van der Waals surface area contributed by atoms with Gasteiger partial charge in [-0.1, -0.05) is 18.2 Å². The van der Waals surface area contributed by atoms with Crippen molar-refractivity contribution in [2.45, 2.75) is 25.9 Å². The number of para-hydroxylation sites is 1. The van der Waals surface area contributed by atoms with Crippen molar-refractivity contribution in [2.24, 2.45) is 0 Å². The molecular formula is C13H16F3NO3. The predicted molar refractivity (Wildman–Crippen MR) is 66.1 cm³/mol. The van der Waals surface area contributed by atoms with Gasteiger partial charge in [-0.2, -0.15) is 13.2 Å². The zero-order valence-corrected chi connectivity index (χ0v) is 11.0. The maximum atomic E-state index is 11.8. The van der Waals surface area contributed by atoms with Crippen molar-refractivity contribution < 1.29 is 27.5 Å². The molecule has 0 bridgehead atoms. The Balaban J connectivity index is 2.37. The van der Waals surface area contributed by atoms with Gasteiger partial charge >= 0.3 is 6.18 Å². The molecule has 0 saturated heterocycles. The second kappa shape index (κ2) is 7.74. The van der Waals surface area contributed by atoms with Crippen LogP contribution in [0.3, 0.4) is 0 Å². The van der Waals surface area contributed by atoms with Crippen molar-refractivity contribution in [1.82, 2.24) is 5.48 Å². The van der Waals surface area contributed by atoms with Crippen LogP contribution < -0.4 is 10.2 Å². The average molecular weight is 291 g/mol. The molecule has 0 unspecified atom stereocenters. The van der Waals surface area contributed by atoms with Crippen molar-refractivity contribution in [3.8, 4) is 5.75 Å². The molecule has 0 saturated carbocycles. The van der Waals surface area contributed by atoms with Gasteiger partial charge in [-0.3, -0.25) is 9.63 Å². The van der Waals surface area contributed by atoms with Gasteiger partial charge in [0, 0.05) is 6.42 Å². The van der Waals surface area contributed by atoms with Gasteiger partial charge in [0.2, 0.25) is 5.91 Å². The topological polar surface area (TPSA) is 47.6 Å². The Morgan fingerprint density at radius 3 is 2.65 bits per heavy atom. The van der Waals surface area contributed by atoms with Crippen LogP contribution in [0.15, 0.2) is 24.3 Å². The second-order valence-electron chi connectivity index (χ2n) is 3.97. The van der Waals surface area contributed by atoms with Gasteiger partial charge in [-0.05, 0) is 25.0 Å². The van der Waals surface area contributed by atoms with Crippen LogP contribution in [0.1, 0.15) is 18.9 Å². The molecule has 7 heteroatoms. The molecule has 4 nitrogen and oxygen atoms in total. The lowest BCUT2D eigenvalue weighted by Gasteiger charge is -2.10. The summed E-state index contributed by atoms with van der Waals surface area (Å²) in [7, 11) is 0. The minimum atomic E-state index is -4.46. The zero-order chi connectivity index (χ0) is 15.0. The lowest BCUT2D eigenvalue weighted by atomic mass is 10.1. The molecule has 1 amide bonds. The molecule has 0 aromatic heterocycles. The number of hydroxylamine groups is 1. The van der Waals surface area contributed by atoms with E-state index in [2.05, 4.69) is 4.84 Å². The van der Waals surface area contributed by atoms with Crippen molar-refractivity contribution in [3.63, 3.8) is 0 Å². The first kappa shape index (κ1) is 16.3. The number of hydrogen-bond donors (Lipinski definition) is 1. The lowest BCUT2D eigenvalue weighted by molar-refractivity contribution is -0.191. The van der Waals surface area contributed by atoms with E-state index in [1.165, 1.54) is 0 Å². The summed E-state index contributed by atoms with van der Waals surface area (Å²) in [6, 6.07) is 7.18. The molecule has 0 aliphatic rings. The highest BCUT2D eigenvalue weighted by Crippen LogP contribution is 2.19. The smallest absolute Gasteiger partial charge is 0.414 e. The van der Waals surface area contributed by atoms with Crippen LogP contribution in [0.5, 0.6) is 5.75 Å². The number of amides is 1. The molecule has 0 heterocycles. The van der Waals surface area contributed by atoms with Crippen LogP contribution in [0.25, 0.3) is 0 Å². The van der Waals surface area contributed by atoms with Gasteiger partial charge in [0.05, 0.1) is 6.61 Å². The summed E-state index contributed by atoms with van der Waals surface area (Å²) < 4.78 is 40.8. The third-order valence-corrected chi connectivity index (χ3v) is 2.32. The van der Waals surface area contributed by atoms with Crippen LogP contribution >= 0.6 is 0 Å². The standard InChI is InChI=1S/C13H16F3NO3/c1-2-19-11-6-4-3-5-10(11)7-8-12(18)17-20-9-13(14,15)16/h3-6H,2,7-9H2,1H3,(H,17,18). The van der Waals surface area contributed by atoms with Crippen LogP contribution in [0.2, 0.25) is 0 Å². The Hall–Kier alpha value is -1.76. The summed E-state index contributed by atoms with van der Waals surface area (Å²) >= 11 is 0. The normalized spacial score (nSPS) is 11.2. The lowest BCUT2D eigenvalue weighted by Crippen LogP contribution is -2.29. The van der Waals surface area contributed by atoms with E-state index < -0.39 is 18.7 Å². The van der Waals surface area contributed by atoms with E-state index in [9.17, 15) is 18.0 Å². The Morgan fingerprint density at radius 2 is 2.00 bits per heavy atom. The molecule has 0 aliphatic heterocycles. The van der Waals surface area contributed by atoms with E-state index in [0.29, 0.717) is 18.8 Å². The molecule has 112 valence electrons. The van der Waals surface area contributed by atoms with Crippen molar-refractivity contribution in [3.05, 3.63) is 29.8 Å². The summed E-state index contributed by atoms with van der Waals surface area (Å²) in [5.41, 5.74) is 2.58. The summed E-state index contributed by atoms with van der Waals surface area (Å²) in [5.74, 6) is 0.0551. The van der Waals surface area contributed by atoms with Crippen LogP contribution in [-0.4, -0.2) is 25.3 Å². The first-order valence-corrected chi connectivity index (χ1v) is 6.10. The van der Waals surface area contributed by atoms with Crippen LogP contribution in [0, 0.1) is 0 Å². The molecular weight excluding hydrogens is 275 g/mol. The van der Waals surface area contributed by atoms with Crippen molar-refractivity contribution in [2.75, 3.05) is 13.2 Å². The van der Waals surface area contributed by atoms with E-state index in [-0.39, 0.29) is 6.42 Å². The van der Waals surface area contributed by atoms with Gasteiger partial charge in [0.25, 0.3) is 0 Å². The molecule has 0 radical (unpaired) electrons. The molecule has 0 spiro atoms. The molecule has 0 fully saturated rings. The van der Waals surface area contributed by atoms with Crippen molar-refractivity contribution in [1.29, 1.82) is 0 Å². The third-order valence-electron chi connectivity index (χ3n) is 2.32. The fourth-order valence-electron chi connectivity index (χ4n) is 1.50. The average Bonchev–Trinajstić information content (AvgIpc) is 2.36. The van der Waals surface area contributed by atoms with E-state index in [4.69, 9.17) is 4.74 Å². The van der Waals surface area contributed by atoms with E-state index in [0.717, 1.165) is 5.56 Å². The van der Waals surface area contributed by atoms with Gasteiger partial charge < -0.3 is 4.74 Å². The van der Waals surface area contributed by atoms with Crippen LogP contribution in [0.4, 0.5) is 13.2 Å². The van der Waals surface area contributed by atoms with Gasteiger partial charge in [-0.25, -0.2) is 5.48 Å². The summed E-state index contributed by atoms with van der Waals surface area (Å²) in [5, 5.41) is 0. The Labute approximate surface area is 114 Å². The number of rotatable bonds is 7. The number of carbonyl (C=O) groups is 1. The van der Waals surface area contributed by atoms with Gasteiger partial charge in [-0.15, -0.1) is 0 Å². The Kier molecular flexibility index (Phi) is 6.30. The fraction of sp³-hybridized carbons (Fsp3) is 0.462. The van der Waals surface area contributed by atoms with E-state index >= 15 is 0 Å². The number of nitrogens with one attached hydrogen (secondary N) is 1. The van der Waals surface area contributed by atoms with Gasteiger partial charge in [0.15, 0.2) is 6.61 Å². The van der Waals surface area contributed by atoms with Crippen LogP contribution in [-0.2, 0) is 16.1 Å². The first-order chi connectivity index (χ1) is 9.42. The largest absolute Gasteiger partial charge is 0.494 e. The highest BCUT2D eigenvalue weighted by Gasteiger charge is 2.28. The zero-order valence-electron chi connectivity index (χ0n) is 11.0. The minimum absolute atomic E-state index is 0.0158. The van der Waals surface area contributed by atoms with Gasteiger partial charge in [0.1, 0.15) is 5.75 Å². The number of carbonyl (C=O) groups excluding carboxylic acids is 1. The molecule has 20 heavy (non-hydrogen) atoms. The molecule has 0 aliphatic carbocycles. The fourth-order valence-corrected chi connectivity index (χ4v) is 1.50. The molecule has 1 aromatic rings. The minimum Gasteiger partial charge on any atom is -0.494 e. The number of alkyl halides is 3. The summed E-state index contributed by atoms with van der Waals surface area (Å²) in [6.45, 7) is 0.834. The maximum Gasteiger partial charge on any atom is 0.414 e.